The fourth-order valence-electron chi connectivity index (χ4n) is 3.46. The van der Waals surface area contributed by atoms with Crippen LogP contribution in [0.5, 0.6) is 0 Å². The maximum atomic E-state index is 13.7. The van der Waals surface area contributed by atoms with E-state index in [-0.39, 0.29) is 23.5 Å². The van der Waals surface area contributed by atoms with Gasteiger partial charge in [0.05, 0.1) is 5.69 Å². The quantitative estimate of drug-likeness (QED) is 0.114. The van der Waals surface area contributed by atoms with Crippen molar-refractivity contribution in [2.24, 2.45) is 16.5 Å². The van der Waals surface area contributed by atoms with Gasteiger partial charge >= 0.3 is 6.03 Å². The minimum absolute atomic E-state index is 0.0435. The number of aliphatic imine (C=N–C) groups is 1. The third-order valence-corrected chi connectivity index (χ3v) is 5.22. The standard InChI is InChI=1S/C22H35F2N9O2/c23-15-6-7-18(17(24)14-15)30-21(34)31-19-8-13-33(22(35)32-19)12-2-5-16(28-11-3-9-25)4-1-10-29-20(26)27/h6-8,13-14,16,22,28,35H,1-5,9-12,25H2,(H4,26,27,29)(H2,30,31,32,34)/t16-,22?/m0/s1. The number of anilines is 1. The molecule has 0 fully saturated rings. The number of guanidine groups is 1. The molecule has 0 saturated heterocycles. The molecule has 2 rings (SSSR count). The molecule has 1 aliphatic rings. The Labute approximate surface area is 203 Å². The number of hydrogen-bond acceptors (Lipinski definition) is 7. The number of carbonyl (C=O) groups excluding carboxylic acids is 1. The summed E-state index contributed by atoms with van der Waals surface area (Å²) in [4.78, 5) is 17.7. The number of carbonyl (C=O) groups is 1. The topological polar surface area (TPSA) is 177 Å². The molecular weight excluding hydrogens is 460 g/mol. The number of hydrogen-bond donors (Lipinski definition) is 8. The van der Waals surface area contributed by atoms with E-state index < -0.39 is 24.0 Å². The second-order valence-electron chi connectivity index (χ2n) is 8.04. The first-order chi connectivity index (χ1) is 16.8. The number of nitrogens with one attached hydrogen (secondary N) is 5. The van der Waals surface area contributed by atoms with Crippen LogP contribution in [0.25, 0.3) is 0 Å². The summed E-state index contributed by atoms with van der Waals surface area (Å²) < 4.78 is 26.7. The molecule has 2 atom stereocenters. The monoisotopic (exact) mass is 495 g/mol. The molecule has 194 valence electrons. The van der Waals surface area contributed by atoms with Gasteiger partial charge < -0.3 is 37.4 Å². The van der Waals surface area contributed by atoms with Crippen LogP contribution in [0, 0.1) is 17.0 Å². The normalized spacial score (nSPS) is 15.9. The first-order valence-corrected chi connectivity index (χ1v) is 11.5. The van der Waals surface area contributed by atoms with Crippen LogP contribution in [0.4, 0.5) is 19.3 Å². The zero-order chi connectivity index (χ0) is 25.6. The number of amides is 2. The molecule has 11 nitrogen and oxygen atoms in total. The molecule has 1 aliphatic heterocycles. The van der Waals surface area contributed by atoms with Crippen LogP contribution in [-0.4, -0.2) is 66.4 Å². The maximum absolute atomic E-state index is 13.7. The predicted molar refractivity (Wildman–Crippen MR) is 132 cm³/mol. The SMILES string of the molecule is N=C(N)NCCC[C@@H](CCCN1C=CC(NC(=O)Nc2ccc(F)cc2F)=NC1O)NCCCN. The number of aliphatic hydroxyl groups excluding tert-OH is 1. The van der Waals surface area contributed by atoms with Gasteiger partial charge in [0.25, 0.3) is 0 Å². The molecule has 35 heavy (non-hydrogen) atoms. The van der Waals surface area contributed by atoms with Crippen molar-refractivity contribution in [2.75, 3.05) is 31.5 Å². The number of halogens is 2. The number of urea groups is 1. The van der Waals surface area contributed by atoms with Crippen LogP contribution in [0.15, 0.2) is 35.5 Å². The molecule has 1 aromatic carbocycles. The predicted octanol–water partition coefficient (Wildman–Crippen LogP) is 0.940. The fourth-order valence-corrected chi connectivity index (χ4v) is 3.46. The van der Waals surface area contributed by atoms with Gasteiger partial charge in [0, 0.05) is 31.4 Å². The van der Waals surface area contributed by atoms with E-state index in [2.05, 4.69) is 26.3 Å². The van der Waals surface area contributed by atoms with Gasteiger partial charge in [-0.15, -0.1) is 0 Å². The zero-order valence-electron chi connectivity index (χ0n) is 19.6. The summed E-state index contributed by atoms with van der Waals surface area (Å²) in [5.41, 5.74) is 10.7. The highest BCUT2D eigenvalue weighted by atomic mass is 19.1. The van der Waals surface area contributed by atoms with Gasteiger partial charge in [0.15, 0.2) is 5.96 Å². The number of nitrogens with two attached hydrogens (primary N) is 2. The van der Waals surface area contributed by atoms with Crippen molar-refractivity contribution < 1.29 is 18.7 Å². The third kappa shape index (κ3) is 10.7. The van der Waals surface area contributed by atoms with E-state index in [1.807, 2.05) is 0 Å². The van der Waals surface area contributed by atoms with Gasteiger partial charge in [-0.25, -0.2) is 18.6 Å². The van der Waals surface area contributed by atoms with Crippen LogP contribution < -0.4 is 32.7 Å². The lowest BCUT2D eigenvalue weighted by atomic mass is 10.1. The van der Waals surface area contributed by atoms with E-state index in [0.29, 0.717) is 25.7 Å². The molecule has 1 unspecified atom stereocenters. The highest BCUT2D eigenvalue weighted by molar-refractivity contribution is 6.07. The molecule has 0 spiro atoms. The van der Waals surface area contributed by atoms with Gasteiger partial charge in [-0.05, 0) is 63.4 Å². The number of nitrogens with zero attached hydrogens (tertiary/aromatic N) is 2. The fraction of sp³-hybridized carbons (Fsp3) is 0.500. The Morgan fingerprint density at radius 3 is 2.66 bits per heavy atom. The molecule has 0 aromatic heterocycles. The summed E-state index contributed by atoms with van der Waals surface area (Å²) in [6, 6.07) is 2.29. The molecule has 13 heteroatoms. The lowest BCUT2D eigenvalue weighted by Gasteiger charge is -2.28. The summed E-state index contributed by atoms with van der Waals surface area (Å²) in [5.74, 6) is -1.59. The Morgan fingerprint density at radius 2 is 1.97 bits per heavy atom. The van der Waals surface area contributed by atoms with Crippen molar-refractivity contribution in [1.82, 2.24) is 20.9 Å². The van der Waals surface area contributed by atoms with Crippen LogP contribution in [-0.2, 0) is 0 Å². The van der Waals surface area contributed by atoms with Crippen molar-refractivity contribution in [1.29, 1.82) is 5.41 Å². The summed E-state index contributed by atoms with van der Waals surface area (Å²) in [6.45, 7) is 2.60. The zero-order valence-corrected chi connectivity index (χ0v) is 19.6. The van der Waals surface area contributed by atoms with Gasteiger partial charge in [0.2, 0.25) is 6.35 Å². The molecule has 0 aliphatic carbocycles. The van der Waals surface area contributed by atoms with Gasteiger partial charge in [-0.1, -0.05) is 0 Å². The van der Waals surface area contributed by atoms with Crippen LogP contribution in [0.2, 0.25) is 0 Å². The largest absolute Gasteiger partial charge is 0.370 e. The minimum atomic E-state index is -1.18. The van der Waals surface area contributed by atoms with Crippen molar-refractivity contribution in [3.63, 3.8) is 0 Å². The summed E-state index contributed by atoms with van der Waals surface area (Å²) >= 11 is 0. The van der Waals surface area contributed by atoms with Gasteiger partial charge in [-0.2, -0.15) is 0 Å². The van der Waals surface area contributed by atoms with Crippen LogP contribution in [0.1, 0.15) is 32.1 Å². The highest BCUT2D eigenvalue weighted by Gasteiger charge is 2.18. The molecular formula is C22H35F2N9O2. The second kappa shape index (κ2) is 14.9. The Balaban J connectivity index is 1.77. The van der Waals surface area contributed by atoms with E-state index in [1.54, 1.807) is 11.1 Å². The van der Waals surface area contributed by atoms with E-state index in [9.17, 15) is 18.7 Å². The van der Waals surface area contributed by atoms with Crippen LogP contribution in [0.3, 0.4) is 0 Å². The van der Waals surface area contributed by atoms with Gasteiger partial charge in [0.1, 0.15) is 17.5 Å². The lowest BCUT2D eigenvalue weighted by molar-refractivity contribution is 0.0422. The summed E-state index contributed by atoms with van der Waals surface area (Å²) in [7, 11) is 0. The molecule has 1 aromatic rings. The number of rotatable bonds is 13. The Morgan fingerprint density at radius 1 is 1.20 bits per heavy atom. The number of aliphatic hydroxyl groups is 1. The third-order valence-electron chi connectivity index (χ3n) is 5.22. The molecule has 0 radical (unpaired) electrons. The van der Waals surface area contributed by atoms with Crippen LogP contribution >= 0.6 is 0 Å². The first kappa shape index (κ1) is 28.0. The Hall–Kier alpha value is -3.29. The second-order valence-corrected chi connectivity index (χ2v) is 8.04. The highest BCUT2D eigenvalue weighted by Crippen LogP contribution is 2.15. The summed E-state index contributed by atoms with van der Waals surface area (Å²) in [6.07, 6.45) is 6.25. The average Bonchev–Trinajstić information content (AvgIpc) is 2.79. The van der Waals surface area contributed by atoms with E-state index >= 15 is 0 Å². The van der Waals surface area contributed by atoms with E-state index in [4.69, 9.17) is 16.9 Å². The molecule has 10 N–H and O–H groups in total. The number of amidine groups is 1. The number of benzene rings is 1. The van der Waals surface area contributed by atoms with Crippen molar-refractivity contribution >= 4 is 23.5 Å². The molecule has 2 amide bonds. The van der Waals surface area contributed by atoms with Crippen molar-refractivity contribution in [2.45, 2.75) is 44.5 Å². The molecule has 1 heterocycles. The van der Waals surface area contributed by atoms with Crippen molar-refractivity contribution in [3.05, 3.63) is 42.1 Å². The average molecular weight is 496 g/mol. The lowest BCUT2D eigenvalue weighted by Crippen LogP contribution is -2.40. The Kier molecular flexibility index (Phi) is 11.9. The maximum Gasteiger partial charge on any atom is 0.324 e. The van der Waals surface area contributed by atoms with Gasteiger partial charge in [-0.3, -0.25) is 10.7 Å². The first-order valence-electron chi connectivity index (χ1n) is 11.5. The minimum Gasteiger partial charge on any atom is -0.370 e. The smallest absolute Gasteiger partial charge is 0.324 e. The van der Waals surface area contributed by atoms with E-state index in [0.717, 1.165) is 50.8 Å². The molecule has 0 saturated carbocycles. The molecule has 0 bridgehead atoms. The van der Waals surface area contributed by atoms with E-state index in [1.165, 1.54) is 6.08 Å². The summed E-state index contributed by atoms with van der Waals surface area (Å²) in [5, 5.41) is 28.5. The Bertz CT molecular complexity index is 898. The van der Waals surface area contributed by atoms with Crippen molar-refractivity contribution in [3.8, 4) is 0 Å².